The third kappa shape index (κ3) is 22.3. The fraction of sp³-hybridized carbons (Fsp3) is 0.434. The molecule has 9 amide bonds. The van der Waals surface area contributed by atoms with E-state index in [1.807, 2.05) is 0 Å². The minimum Gasteiger partial charge on any atom is -0.451 e. The minimum atomic E-state index is -2.00. The van der Waals surface area contributed by atoms with Crippen LogP contribution in [0.15, 0.2) is 24.3 Å². The fourth-order valence-corrected chi connectivity index (χ4v) is 7.94. The van der Waals surface area contributed by atoms with E-state index in [1.54, 1.807) is 13.8 Å². The van der Waals surface area contributed by atoms with Crippen LogP contribution in [0.2, 0.25) is 0 Å². The van der Waals surface area contributed by atoms with Crippen molar-refractivity contribution in [3.05, 3.63) is 100 Å². The summed E-state index contributed by atoms with van der Waals surface area (Å²) in [6, 6.07) is -2.42. The van der Waals surface area contributed by atoms with E-state index in [2.05, 4.69) is 68.1 Å². The van der Waals surface area contributed by atoms with Crippen LogP contribution in [0.3, 0.4) is 0 Å². The molecular weight excluding hydrogens is 1220 g/mol. The molecule has 3 heterocycles. The fourth-order valence-electron chi connectivity index (χ4n) is 7.94. The van der Waals surface area contributed by atoms with Crippen molar-refractivity contribution in [3.63, 3.8) is 0 Å². The van der Waals surface area contributed by atoms with Gasteiger partial charge in [0.05, 0.1) is 19.6 Å². The Kier molecular flexibility index (Phi) is 27.6. The maximum atomic E-state index is 14.2. The number of amides is 9. The van der Waals surface area contributed by atoms with Crippen molar-refractivity contribution >= 4 is 64.5 Å². The van der Waals surface area contributed by atoms with E-state index in [1.165, 1.54) is 19.1 Å². The van der Waals surface area contributed by atoms with E-state index in [0.717, 1.165) is 19.1 Å². The predicted molar refractivity (Wildman–Crippen MR) is 286 cm³/mol. The molecule has 0 radical (unpaired) electrons. The summed E-state index contributed by atoms with van der Waals surface area (Å²) < 4.78 is 172. The molecule has 4 rings (SSSR count). The summed E-state index contributed by atoms with van der Waals surface area (Å²) in [4.78, 5) is 124. The van der Waals surface area contributed by atoms with Crippen molar-refractivity contribution in [2.75, 3.05) is 43.4 Å². The van der Waals surface area contributed by atoms with E-state index >= 15 is 0 Å². The topological polar surface area (TPSA) is 348 Å². The van der Waals surface area contributed by atoms with Crippen LogP contribution < -0.4 is 63.6 Å². The molecule has 0 aliphatic carbocycles. The molecule has 0 spiro atoms. The number of anilines is 2. The van der Waals surface area contributed by atoms with Gasteiger partial charge in [-0.1, -0.05) is 26.0 Å². The Hall–Kier alpha value is -9.54. The first kappa shape index (κ1) is 71.9. The molecule has 24 nitrogen and oxygen atoms in total. The number of pyridine rings is 3. The van der Waals surface area contributed by atoms with Gasteiger partial charge in [-0.05, 0) is 75.5 Å². The summed E-state index contributed by atoms with van der Waals surface area (Å²) in [5.74, 6) is -33.5. The summed E-state index contributed by atoms with van der Waals surface area (Å²) in [6.07, 6.45) is -1.11. The summed E-state index contributed by atoms with van der Waals surface area (Å²) >= 11 is 0. The van der Waals surface area contributed by atoms with Crippen LogP contribution >= 0.6 is 0 Å². The Morgan fingerprint density at radius 3 is 1.34 bits per heavy atom. The van der Waals surface area contributed by atoms with Gasteiger partial charge in [-0.25, -0.2) is 0 Å². The number of nitrogens with two attached hydrogens (primary N) is 1. The highest BCUT2D eigenvalue weighted by Gasteiger charge is 2.31. The predicted octanol–water partition coefficient (Wildman–Crippen LogP) is 2.78. The smallest absolute Gasteiger partial charge is 0.255 e. The normalized spacial score (nSPS) is 12.7. The SMILES string of the molecule is CC(=O)NC(Cc1ccc(Oc2c(F)c(F)nc(F)c2F)cc1)C(=O)NC(CCCCNc1c(F)c(F)nc(F)c1F)C(=O)NCC(=O)NCC(=O)NCC(=O)NC(CCCCNc1c(F)c(F)nc(F)c1F)C(=O)NC(C)C(=O)NC(CC(C)C)C(N)=O. The lowest BCUT2D eigenvalue weighted by Crippen LogP contribution is -2.56. The molecule has 0 aliphatic rings. The van der Waals surface area contributed by atoms with Crippen molar-refractivity contribution in [2.24, 2.45) is 11.7 Å². The first-order valence-corrected chi connectivity index (χ1v) is 26.8. The summed E-state index contributed by atoms with van der Waals surface area (Å²) in [5, 5.41) is 22.7. The van der Waals surface area contributed by atoms with Crippen LogP contribution in [-0.4, -0.2) is 131 Å². The number of nitrogens with zero attached hydrogens (tertiary/aromatic N) is 3. The summed E-state index contributed by atoms with van der Waals surface area (Å²) in [6.45, 7) is 2.48. The molecule has 4 aromatic rings. The first-order chi connectivity index (χ1) is 41.9. The largest absolute Gasteiger partial charge is 0.451 e. The Labute approximate surface area is 497 Å². The van der Waals surface area contributed by atoms with E-state index in [9.17, 15) is 95.8 Å². The van der Waals surface area contributed by atoms with Crippen molar-refractivity contribution in [1.82, 2.24) is 57.5 Å². The lowest BCUT2D eigenvalue weighted by molar-refractivity contribution is -0.133. The highest BCUT2D eigenvalue weighted by molar-refractivity contribution is 5.96. The summed E-state index contributed by atoms with van der Waals surface area (Å²) in [5.41, 5.74) is 3.27. The van der Waals surface area contributed by atoms with Gasteiger partial charge in [-0.15, -0.1) is 0 Å². The first-order valence-electron chi connectivity index (χ1n) is 26.8. The van der Waals surface area contributed by atoms with Gasteiger partial charge in [0.25, 0.3) is 35.7 Å². The number of rotatable bonds is 34. The van der Waals surface area contributed by atoms with Crippen molar-refractivity contribution in [1.29, 1.82) is 0 Å². The molecule has 0 fully saturated rings. The number of primary amides is 1. The molecule has 89 heavy (non-hydrogen) atoms. The van der Waals surface area contributed by atoms with Gasteiger partial charge in [0, 0.05) is 26.4 Å². The second-order valence-corrected chi connectivity index (χ2v) is 19.9. The Morgan fingerprint density at radius 1 is 0.472 bits per heavy atom. The second-order valence-electron chi connectivity index (χ2n) is 19.9. The van der Waals surface area contributed by atoms with Crippen LogP contribution in [-0.2, 0) is 49.6 Å². The molecule has 36 heteroatoms. The monoisotopic (exact) mass is 1280 g/mol. The summed E-state index contributed by atoms with van der Waals surface area (Å²) in [7, 11) is 0. The Balaban J connectivity index is 1.38. The molecular formula is C53H60F12N14O10. The van der Waals surface area contributed by atoms with Gasteiger partial charge in [0.1, 0.15) is 47.3 Å². The van der Waals surface area contributed by atoms with Crippen LogP contribution in [0, 0.1) is 76.5 Å². The quantitative estimate of drug-likeness (QED) is 0.0182. The van der Waals surface area contributed by atoms with Crippen molar-refractivity contribution < 1.29 is 101 Å². The standard InChI is InChI=1S/C53H60F12N14O10/c1-22(2)17-29(49(66)84)76-50(85)23(3)72-52(87)28(10-6-8-16-68-41-36(56)45(62)78-46(63)37(41)57)74-33(83)21-70-31(81)19-69-32(82)20-71-51(86)27(9-5-7-15-67-40-34(54)43(60)77-44(61)35(40)55)75-53(88)30(73-24(4)80)18-25-11-13-26(14-12-25)89-42-38(58)47(64)79-48(65)39(42)59/h11-14,22-23,27-30H,5-10,15-21H2,1-4H3,(H2,66,84)(H,67,77)(H,68,78)(H,69,82)(H,70,81)(H,71,86)(H,72,87)(H,73,80)(H,74,83)(H,75,88)(H,76,85). The van der Waals surface area contributed by atoms with Gasteiger partial charge >= 0.3 is 0 Å². The van der Waals surface area contributed by atoms with E-state index < -0.39 is 191 Å². The van der Waals surface area contributed by atoms with Crippen molar-refractivity contribution in [3.8, 4) is 11.5 Å². The van der Waals surface area contributed by atoms with Gasteiger partial charge in [-0.3, -0.25) is 43.2 Å². The zero-order chi connectivity index (χ0) is 66.4. The molecule has 1 aromatic carbocycles. The number of aromatic nitrogens is 3. The number of halogens is 12. The van der Waals surface area contributed by atoms with Gasteiger partial charge in [0.15, 0.2) is 0 Å². The van der Waals surface area contributed by atoms with E-state index in [0.29, 0.717) is 0 Å². The highest BCUT2D eigenvalue weighted by atomic mass is 19.2. The third-order valence-corrected chi connectivity index (χ3v) is 12.4. The van der Waals surface area contributed by atoms with Crippen LogP contribution in [0.1, 0.15) is 78.2 Å². The molecule has 3 aromatic heterocycles. The molecule has 12 N–H and O–H groups in total. The number of hydrogen-bond acceptors (Lipinski definition) is 15. The van der Waals surface area contributed by atoms with Crippen LogP contribution in [0.5, 0.6) is 11.5 Å². The molecule has 0 aliphatic heterocycles. The van der Waals surface area contributed by atoms with E-state index in [-0.39, 0.29) is 81.7 Å². The zero-order valence-electron chi connectivity index (χ0n) is 47.5. The van der Waals surface area contributed by atoms with Crippen molar-refractivity contribution in [2.45, 2.75) is 109 Å². The van der Waals surface area contributed by atoms with Gasteiger partial charge < -0.3 is 63.6 Å². The number of carbonyl (C=O) groups is 9. The average Bonchev–Trinajstić information content (AvgIpc) is 2.68. The number of carbonyl (C=O) groups excluding carboxylic acids is 9. The number of ether oxygens (including phenoxy) is 1. The molecule has 5 atom stereocenters. The van der Waals surface area contributed by atoms with Gasteiger partial charge in [-0.2, -0.15) is 67.6 Å². The molecule has 5 unspecified atom stereocenters. The molecule has 486 valence electrons. The van der Waals surface area contributed by atoms with Crippen LogP contribution in [0.25, 0.3) is 0 Å². The zero-order valence-corrected chi connectivity index (χ0v) is 47.5. The molecule has 0 saturated carbocycles. The number of hydrogen-bond donors (Lipinski definition) is 11. The Morgan fingerprint density at radius 2 is 0.888 bits per heavy atom. The van der Waals surface area contributed by atoms with E-state index in [4.69, 9.17) is 10.5 Å². The van der Waals surface area contributed by atoms with Gasteiger partial charge in [0.2, 0.25) is 93.8 Å². The molecule has 0 bridgehead atoms. The lowest BCUT2D eigenvalue weighted by Gasteiger charge is -2.23. The number of nitrogens with one attached hydrogen (secondary N) is 10. The maximum Gasteiger partial charge on any atom is 0.255 e. The molecule has 0 saturated heterocycles. The Bertz CT molecular complexity index is 3170. The average molecular weight is 1280 g/mol. The number of unbranched alkanes of at least 4 members (excludes halogenated alkanes) is 2. The minimum absolute atomic E-state index is 0.0415. The third-order valence-electron chi connectivity index (χ3n) is 12.4. The number of benzene rings is 1. The highest BCUT2D eigenvalue weighted by Crippen LogP contribution is 2.30. The second kappa shape index (κ2) is 34.1. The lowest BCUT2D eigenvalue weighted by atomic mass is 10.0. The maximum absolute atomic E-state index is 14.2. The van der Waals surface area contributed by atoms with Crippen LogP contribution in [0.4, 0.5) is 64.1 Å².